The molecule has 0 unspecified atom stereocenters. The maximum Gasteiger partial charge on any atom is 0.417 e. The summed E-state index contributed by atoms with van der Waals surface area (Å²) < 4.78 is 75.2. The van der Waals surface area contributed by atoms with Crippen molar-refractivity contribution in [1.82, 2.24) is 15.4 Å². The molecule has 1 aromatic carbocycles. The Hall–Kier alpha value is -3.81. The van der Waals surface area contributed by atoms with Crippen molar-refractivity contribution in [2.45, 2.75) is 44.9 Å². The molecule has 0 aliphatic carbocycles. The van der Waals surface area contributed by atoms with Gasteiger partial charge in [0.05, 0.1) is 18.7 Å². The minimum Gasteiger partial charge on any atom is -0.469 e. The van der Waals surface area contributed by atoms with Crippen LogP contribution in [0, 0.1) is 11.6 Å². The van der Waals surface area contributed by atoms with Crippen LogP contribution >= 0.6 is 0 Å². The SMILES string of the molecule is COC(=O)CCC[C@@H](COC(=O)Nc1ccc(C(F)(F)F)cn1)N(NCc1cccc(F)c1F)C(C)=O. The van der Waals surface area contributed by atoms with E-state index in [2.05, 4.69) is 20.5 Å². The largest absolute Gasteiger partial charge is 0.469 e. The van der Waals surface area contributed by atoms with Gasteiger partial charge in [-0.3, -0.25) is 19.9 Å². The van der Waals surface area contributed by atoms with E-state index in [0.717, 1.165) is 23.2 Å². The Morgan fingerprint density at radius 2 is 1.86 bits per heavy atom. The topological polar surface area (TPSA) is 110 Å². The van der Waals surface area contributed by atoms with Crippen molar-refractivity contribution >= 4 is 23.8 Å². The Morgan fingerprint density at radius 1 is 1.14 bits per heavy atom. The number of anilines is 1. The Labute approximate surface area is 208 Å². The summed E-state index contributed by atoms with van der Waals surface area (Å²) in [5, 5.41) is 3.23. The number of methoxy groups -OCH3 is 1. The average molecular weight is 532 g/mol. The van der Waals surface area contributed by atoms with Crippen LogP contribution in [0.2, 0.25) is 0 Å². The summed E-state index contributed by atoms with van der Waals surface area (Å²) in [4.78, 5) is 39.5. The summed E-state index contributed by atoms with van der Waals surface area (Å²) in [7, 11) is 1.21. The number of esters is 1. The lowest BCUT2D eigenvalue weighted by molar-refractivity contribution is -0.141. The van der Waals surface area contributed by atoms with Crippen molar-refractivity contribution in [2.24, 2.45) is 0 Å². The van der Waals surface area contributed by atoms with Crippen molar-refractivity contribution in [1.29, 1.82) is 0 Å². The molecule has 0 radical (unpaired) electrons. The van der Waals surface area contributed by atoms with Crippen LogP contribution in [0.4, 0.5) is 32.6 Å². The number of hydrogen-bond acceptors (Lipinski definition) is 7. The fourth-order valence-corrected chi connectivity index (χ4v) is 3.17. The number of aromatic nitrogens is 1. The lowest BCUT2D eigenvalue weighted by atomic mass is 10.1. The van der Waals surface area contributed by atoms with Gasteiger partial charge in [-0.25, -0.2) is 24.0 Å². The summed E-state index contributed by atoms with van der Waals surface area (Å²) in [6, 6.07) is 4.36. The van der Waals surface area contributed by atoms with Gasteiger partial charge >= 0.3 is 18.2 Å². The monoisotopic (exact) mass is 532 g/mol. The third-order valence-electron chi connectivity index (χ3n) is 5.05. The number of alkyl halides is 3. The van der Waals surface area contributed by atoms with Gasteiger partial charge in [0.2, 0.25) is 5.91 Å². The number of hydrazine groups is 1. The molecule has 2 amide bonds. The summed E-state index contributed by atoms with van der Waals surface area (Å²) in [6.45, 7) is 0.499. The third-order valence-corrected chi connectivity index (χ3v) is 5.05. The molecule has 1 aromatic heterocycles. The Kier molecular flexibility index (Phi) is 10.7. The number of carbonyl (C=O) groups excluding carboxylic acids is 3. The molecule has 9 nitrogen and oxygen atoms in total. The first-order chi connectivity index (χ1) is 17.4. The Morgan fingerprint density at radius 3 is 2.46 bits per heavy atom. The van der Waals surface area contributed by atoms with E-state index in [1.54, 1.807) is 0 Å². The summed E-state index contributed by atoms with van der Waals surface area (Å²) in [5.41, 5.74) is 1.61. The lowest BCUT2D eigenvalue weighted by Crippen LogP contribution is -2.50. The number of rotatable bonds is 11. The van der Waals surface area contributed by atoms with E-state index < -0.39 is 54.0 Å². The van der Waals surface area contributed by atoms with Crippen LogP contribution in [-0.2, 0) is 31.8 Å². The van der Waals surface area contributed by atoms with E-state index in [1.165, 1.54) is 26.2 Å². The maximum atomic E-state index is 14.0. The molecular weight excluding hydrogens is 507 g/mol. The van der Waals surface area contributed by atoms with Gasteiger partial charge in [0, 0.05) is 31.6 Å². The van der Waals surface area contributed by atoms with Crippen LogP contribution in [-0.4, -0.2) is 47.7 Å². The van der Waals surface area contributed by atoms with Gasteiger partial charge in [0.15, 0.2) is 11.6 Å². The van der Waals surface area contributed by atoms with E-state index >= 15 is 0 Å². The molecular formula is C23H25F5N4O5. The molecule has 37 heavy (non-hydrogen) atoms. The summed E-state index contributed by atoms with van der Waals surface area (Å²) >= 11 is 0. The van der Waals surface area contributed by atoms with Gasteiger partial charge in [0.25, 0.3) is 0 Å². The van der Waals surface area contributed by atoms with Crippen LogP contribution < -0.4 is 10.7 Å². The molecule has 2 N–H and O–H groups in total. The average Bonchev–Trinajstić information content (AvgIpc) is 2.84. The van der Waals surface area contributed by atoms with E-state index in [9.17, 15) is 36.3 Å². The molecule has 1 heterocycles. The standard InChI is InChI=1S/C23H25F5N4O5/c1-14(33)32(30-11-15-5-3-7-18(24)21(15)25)17(6-4-8-20(34)36-2)13-37-22(35)31-19-10-9-16(12-29-19)23(26,27)28/h3,5,7,9-10,12,17,30H,4,6,8,11,13H2,1-2H3,(H,29,31,35)/t17-/m0/s1. The van der Waals surface area contributed by atoms with Crippen molar-refractivity contribution < 1.29 is 45.8 Å². The second-order valence-electron chi connectivity index (χ2n) is 7.71. The maximum absolute atomic E-state index is 14.0. The first-order valence-corrected chi connectivity index (χ1v) is 10.9. The molecule has 0 fully saturated rings. The van der Waals surface area contributed by atoms with Crippen molar-refractivity contribution in [3.63, 3.8) is 0 Å². The zero-order valence-electron chi connectivity index (χ0n) is 19.9. The van der Waals surface area contributed by atoms with E-state index in [1.807, 2.05) is 0 Å². The molecule has 0 saturated carbocycles. The van der Waals surface area contributed by atoms with Crippen molar-refractivity contribution in [3.05, 3.63) is 59.3 Å². The molecule has 0 aliphatic rings. The highest BCUT2D eigenvalue weighted by atomic mass is 19.4. The smallest absolute Gasteiger partial charge is 0.417 e. The van der Waals surface area contributed by atoms with E-state index in [4.69, 9.17) is 4.74 Å². The second kappa shape index (κ2) is 13.5. The van der Waals surface area contributed by atoms with E-state index in [0.29, 0.717) is 6.20 Å². The predicted molar refractivity (Wildman–Crippen MR) is 120 cm³/mol. The summed E-state index contributed by atoms with van der Waals surface area (Å²) in [5.74, 6) is -3.42. The van der Waals surface area contributed by atoms with Gasteiger partial charge in [-0.1, -0.05) is 12.1 Å². The van der Waals surface area contributed by atoms with Crippen LogP contribution in [0.25, 0.3) is 0 Å². The molecule has 0 aliphatic heterocycles. The minimum absolute atomic E-state index is 0.00105. The molecule has 202 valence electrons. The van der Waals surface area contributed by atoms with Crippen LogP contribution in [0.3, 0.4) is 0 Å². The predicted octanol–water partition coefficient (Wildman–Crippen LogP) is 4.19. The highest BCUT2D eigenvalue weighted by Gasteiger charge is 2.31. The first kappa shape index (κ1) is 29.4. The fourth-order valence-electron chi connectivity index (χ4n) is 3.17. The van der Waals surface area contributed by atoms with Crippen LogP contribution in [0.1, 0.15) is 37.3 Å². The van der Waals surface area contributed by atoms with Crippen molar-refractivity contribution in [3.8, 4) is 0 Å². The molecule has 0 spiro atoms. The highest BCUT2D eigenvalue weighted by molar-refractivity contribution is 5.83. The minimum atomic E-state index is -4.60. The zero-order valence-corrected chi connectivity index (χ0v) is 19.9. The Balaban J connectivity index is 2.07. The molecule has 2 rings (SSSR count). The fraction of sp³-hybridized carbons (Fsp3) is 0.391. The third kappa shape index (κ3) is 9.29. The molecule has 14 heteroatoms. The van der Waals surface area contributed by atoms with E-state index in [-0.39, 0.29) is 37.2 Å². The summed E-state index contributed by atoms with van der Waals surface area (Å²) in [6.07, 6.45) is -4.76. The Bertz CT molecular complexity index is 1080. The number of benzene rings is 1. The second-order valence-corrected chi connectivity index (χ2v) is 7.71. The van der Waals surface area contributed by atoms with Crippen LogP contribution in [0.5, 0.6) is 0 Å². The molecule has 0 saturated heterocycles. The first-order valence-electron chi connectivity index (χ1n) is 10.9. The quantitative estimate of drug-likeness (QED) is 0.254. The number of hydrogen-bond donors (Lipinski definition) is 2. The van der Waals surface area contributed by atoms with Gasteiger partial charge in [0.1, 0.15) is 12.4 Å². The number of nitrogens with one attached hydrogen (secondary N) is 2. The number of ether oxygens (including phenoxy) is 2. The van der Waals surface area contributed by atoms with Crippen LogP contribution in [0.15, 0.2) is 36.5 Å². The van der Waals surface area contributed by atoms with Gasteiger partial charge in [-0.05, 0) is 31.0 Å². The highest BCUT2D eigenvalue weighted by Crippen LogP contribution is 2.28. The molecule has 2 aromatic rings. The number of halogens is 5. The lowest BCUT2D eigenvalue weighted by Gasteiger charge is -2.31. The number of nitrogens with zero attached hydrogens (tertiary/aromatic N) is 2. The normalized spacial score (nSPS) is 12.0. The molecule has 0 bridgehead atoms. The van der Waals surface area contributed by atoms with Gasteiger partial charge < -0.3 is 9.47 Å². The zero-order chi connectivity index (χ0) is 27.6. The number of pyridine rings is 1. The number of amides is 2. The van der Waals surface area contributed by atoms with Crippen molar-refractivity contribution in [2.75, 3.05) is 19.0 Å². The number of carbonyl (C=O) groups is 3. The molecule has 1 atom stereocenters. The van der Waals surface area contributed by atoms with Gasteiger partial charge in [-0.15, -0.1) is 0 Å². The van der Waals surface area contributed by atoms with Gasteiger partial charge in [-0.2, -0.15) is 13.2 Å².